The van der Waals surface area contributed by atoms with E-state index in [2.05, 4.69) is 32.9 Å². The van der Waals surface area contributed by atoms with Gasteiger partial charge in [0.25, 0.3) is 0 Å². The van der Waals surface area contributed by atoms with Crippen LogP contribution in [0.5, 0.6) is 0 Å². The standard InChI is InChI=1S/C20H32O2/c1-15(2)8-6-9-16(3)10-7-13-20(5,22)18-12-11-17(4)19(21)14-18/h8,10-11,18,22H,6-7,9,12-14H2,1-5H3/t18-,20+/m1/s1. The molecule has 0 heterocycles. The summed E-state index contributed by atoms with van der Waals surface area (Å²) in [4.78, 5) is 11.8. The molecule has 22 heavy (non-hydrogen) atoms. The van der Waals surface area contributed by atoms with Gasteiger partial charge in [0.1, 0.15) is 0 Å². The SMILES string of the molecule is CC(C)=CCCC(C)=CCC[C@](C)(O)[C@@H]1CC=C(C)C(=O)C1. The number of carbonyl (C=O) groups excluding carboxylic acids is 1. The average molecular weight is 304 g/mol. The summed E-state index contributed by atoms with van der Waals surface area (Å²) < 4.78 is 0. The second-order valence-electron chi connectivity index (χ2n) is 7.21. The molecule has 1 N–H and O–H groups in total. The molecule has 0 aromatic carbocycles. The van der Waals surface area contributed by atoms with Crippen LogP contribution in [0.4, 0.5) is 0 Å². The quantitative estimate of drug-likeness (QED) is 0.662. The minimum absolute atomic E-state index is 0.0584. The minimum atomic E-state index is -0.760. The Hall–Kier alpha value is -1.15. The monoisotopic (exact) mass is 304 g/mol. The number of Topliss-reactive ketones (excluding diaryl/α,β-unsaturated/α-hetero) is 1. The summed E-state index contributed by atoms with van der Waals surface area (Å²) in [5.41, 5.74) is 2.83. The maximum atomic E-state index is 11.8. The van der Waals surface area contributed by atoms with Crippen molar-refractivity contribution in [2.45, 2.75) is 78.7 Å². The van der Waals surface area contributed by atoms with Gasteiger partial charge in [-0.25, -0.2) is 0 Å². The smallest absolute Gasteiger partial charge is 0.158 e. The Morgan fingerprint density at radius 2 is 2.00 bits per heavy atom. The lowest BCUT2D eigenvalue weighted by molar-refractivity contribution is -0.119. The Bertz CT molecular complexity index is 474. The third kappa shape index (κ3) is 6.31. The van der Waals surface area contributed by atoms with Crippen LogP contribution in [-0.4, -0.2) is 16.5 Å². The lowest BCUT2D eigenvalue weighted by atomic mass is 9.76. The predicted molar refractivity (Wildman–Crippen MR) is 93.8 cm³/mol. The van der Waals surface area contributed by atoms with Gasteiger partial charge in [-0.15, -0.1) is 0 Å². The summed E-state index contributed by atoms with van der Waals surface area (Å²) >= 11 is 0. The highest BCUT2D eigenvalue weighted by Gasteiger charge is 2.34. The molecule has 0 bridgehead atoms. The molecule has 0 aromatic heterocycles. The summed E-state index contributed by atoms with van der Waals surface area (Å²) in [7, 11) is 0. The number of rotatable bonds is 7. The van der Waals surface area contributed by atoms with Crippen LogP contribution in [0.2, 0.25) is 0 Å². The number of aliphatic hydroxyl groups is 1. The fraction of sp³-hybridized carbons (Fsp3) is 0.650. The van der Waals surface area contributed by atoms with Crippen molar-refractivity contribution in [3.8, 4) is 0 Å². The summed E-state index contributed by atoms with van der Waals surface area (Å²) in [6.07, 6.45) is 11.5. The largest absolute Gasteiger partial charge is 0.390 e. The number of carbonyl (C=O) groups is 1. The van der Waals surface area contributed by atoms with Crippen molar-refractivity contribution in [2.75, 3.05) is 0 Å². The molecule has 0 radical (unpaired) electrons. The van der Waals surface area contributed by atoms with Crippen molar-refractivity contribution in [1.29, 1.82) is 0 Å². The van der Waals surface area contributed by atoms with Gasteiger partial charge in [-0.05, 0) is 78.2 Å². The van der Waals surface area contributed by atoms with E-state index in [0.29, 0.717) is 6.42 Å². The average Bonchev–Trinajstić information content (AvgIpc) is 2.41. The van der Waals surface area contributed by atoms with E-state index in [9.17, 15) is 9.90 Å². The summed E-state index contributed by atoms with van der Waals surface area (Å²) in [5, 5.41) is 10.7. The van der Waals surface area contributed by atoms with Crippen molar-refractivity contribution < 1.29 is 9.90 Å². The maximum Gasteiger partial charge on any atom is 0.158 e. The number of allylic oxidation sites excluding steroid dienone is 6. The number of ketones is 1. The van der Waals surface area contributed by atoms with E-state index in [0.717, 1.165) is 37.7 Å². The third-order valence-corrected chi connectivity index (χ3v) is 4.69. The molecule has 0 unspecified atom stereocenters. The van der Waals surface area contributed by atoms with Gasteiger partial charge in [0.05, 0.1) is 5.60 Å². The zero-order valence-corrected chi connectivity index (χ0v) is 14.9. The molecule has 0 saturated carbocycles. The third-order valence-electron chi connectivity index (χ3n) is 4.69. The second-order valence-corrected chi connectivity index (χ2v) is 7.21. The molecule has 0 saturated heterocycles. The summed E-state index contributed by atoms with van der Waals surface area (Å²) in [5.74, 6) is 0.244. The first-order chi connectivity index (χ1) is 10.2. The normalized spacial score (nSPS) is 22.1. The topological polar surface area (TPSA) is 37.3 Å². The second kappa shape index (κ2) is 8.47. The predicted octanol–water partition coefficient (Wildman–Crippen LogP) is 5.14. The maximum absolute atomic E-state index is 11.8. The summed E-state index contributed by atoms with van der Waals surface area (Å²) in [6, 6.07) is 0. The van der Waals surface area contributed by atoms with Crippen LogP contribution in [0.15, 0.2) is 34.9 Å². The van der Waals surface area contributed by atoms with Gasteiger partial charge in [0.2, 0.25) is 0 Å². The fourth-order valence-electron chi connectivity index (χ4n) is 2.88. The van der Waals surface area contributed by atoms with Crippen molar-refractivity contribution in [3.05, 3.63) is 34.9 Å². The van der Waals surface area contributed by atoms with E-state index < -0.39 is 5.60 Å². The van der Waals surface area contributed by atoms with E-state index in [4.69, 9.17) is 0 Å². The highest BCUT2D eigenvalue weighted by Crippen LogP contribution is 2.33. The van der Waals surface area contributed by atoms with Gasteiger partial charge in [-0.1, -0.05) is 29.4 Å². The van der Waals surface area contributed by atoms with Gasteiger partial charge in [0, 0.05) is 6.42 Å². The van der Waals surface area contributed by atoms with Crippen LogP contribution in [-0.2, 0) is 4.79 Å². The van der Waals surface area contributed by atoms with Gasteiger partial charge in [0.15, 0.2) is 5.78 Å². The van der Waals surface area contributed by atoms with Crippen molar-refractivity contribution >= 4 is 5.78 Å². The van der Waals surface area contributed by atoms with E-state index >= 15 is 0 Å². The Kier molecular flexibility index (Phi) is 7.28. The molecule has 2 nitrogen and oxygen atoms in total. The van der Waals surface area contributed by atoms with E-state index in [-0.39, 0.29) is 11.7 Å². The number of hydrogen-bond donors (Lipinski definition) is 1. The minimum Gasteiger partial charge on any atom is -0.390 e. The first-order valence-corrected chi connectivity index (χ1v) is 8.43. The Balaban J connectivity index is 2.45. The molecular weight excluding hydrogens is 272 g/mol. The summed E-state index contributed by atoms with van der Waals surface area (Å²) in [6.45, 7) is 10.1. The highest BCUT2D eigenvalue weighted by molar-refractivity contribution is 5.95. The zero-order valence-electron chi connectivity index (χ0n) is 14.9. The molecule has 1 rings (SSSR count). The Morgan fingerprint density at radius 3 is 2.59 bits per heavy atom. The van der Waals surface area contributed by atoms with Crippen LogP contribution < -0.4 is 0 Å². The molecule has 0 spiro atoms. The van der Waals surface area contributed by atoms with Gasteiger partial charge >= 0.3 is 0 Å². The molecule has 2 heteroatoms. The molecule has 2 atom stereocenters. The van der Waals surface area contributed by atoms with Crippen LogP contribution in [0.1, 0.15) is 73.1 Å². The lowest BCUT2D eigenvalue weighted by Gasteiger charge is -2.34. The fourth-order valence-corrected chi connectivity index (χ4v) is 2.88. The van der Waals surface area contributed by atoms with Gasteiger partial charge in [-0.3, -0.25) is 4.79 Å². The number of hydrogen-bond acceptors (Lipinski definition) is 2. The zero-order chi connectivity index (χ0) is 16.8. The Morgan fingerprint density at radius 1 is 1.32 bits per heavy atom. The molecular formula is C20H32O2. The van der Waals surface area contributed by atoms with Crippen molar-refractivity contribution in [2.24, 2.45) is 5.92 Å². The van der Waals surface area contributed by atoms with E-state index in [1.165, 1.54) is 11.1 Å². The lowest BCUT2D eigenvalue weighted by Crippen LogP contribution is -2.37. The van der Waals surface area contributed by atoms with Crippen molar-refractivity contribution in [1.82, 2.24) is 0 Å². The van der Waals surface area contributed by atoms with Gasteiger partial charge in [-0.2, -0.15) is 0 Å². The molecule has 1 aliphatic rings. The molecule has 0 aromatic rings. The van der Waals surface area contributed by atoms with E-state index in [1.54, 1.807) is 0 Å². The first-order valence-electron chi connectivity index (χ1n) is 8.43. The van der Waals surface area contributed by atoms with Crippen LogP contribution in [0, 0.1) is 5.92 Å². The highest BCUT2D eigenvalue weighted by atomic mass is 16.3. The van der Waals surface area contributed by atoms with Crippen LogP contribution in [0.25, 0.3) is 0 Å². The molecule has 0 amide bonds. The van der Waals surface area contributed by atoms with Crippen LogP contribution in [0.3, 0.4) is 0 Å². The van der Waals surface area contributed by atoms with Gasteiger partial charge < -0.3 is 5.11 Å². The van der Waals surface area contributed by atoms with Crippen molar-refractivity contribution in [3.63, 3.8) is 0 Å². The molecule has 1 aliphatic carbocycles. The Labute approximate surface area is 136 Å². The first kappa shape index (κ1) is 18.9. The molecule has 0 aliphatic heterocycles. The molecule has 124 valence electrons. The van der Waals surface area contributed by atoms with E-state index in [1.807, 2.05) is 19.9 Å². The molecule has 0 fully saturated rings. The van der Waals surface area contributed by atoms with Crippen LogP contribution >= 0.6 is 0 Å².